The Bertz CT molecular complexity index is 456. The number of halogens is 1. The van der Waals surface area contributed by atoms with Gasteiger partial charge < -0.3 is 5.32 Å². The zero-order valence-electron chi connectivity index (χ0n) is 9.02. The molecule has 0 saturated carbocycles. The maximum absolute atomic E-state index is 3.99. The van der Waals surface area contributed by atoms with Gasteiger partial charge in [0.2, 0.25) is 0 Å². The maximum atomic E-state index is 3.99. The predicted molar refractivity (Wildman–Crippen MR) is 70.4 cm³/mol. The van der Waals surface area contributed by atoms with E-state index in [2.05, 4.69) is 45.3 Å². The van der Waals surface area contributed by atoms with Crippen molar-refractivity contribution in [3.8, 4) is 0 Å². The van der Waals surface area contributed by atoms with E-state index < -0.39 is 0 Å². The van der Waals surface area contributed by atoms with Crippen molar-refractivity contribution in [3.05, 3.63) is 58.8 Å². The zero-order chi connectivity index (χ0) is 11.4. The summed E-state index contributed by atoms with van der Waals surface area (Å²) in [4.78, 5) is 3.99. The van der Waals surface area contributed by atoms with Gasteiger partial charge in [0.25, 0.3) is 0 Å². The number of rotatable bonds is 3. The van der Waals surface area contributed by atoms with Crippen LogP contribution in [-0.2, 0) is 0 Å². The lowest BCUT2D eigenvalue weighted by atomic mass is 10.1. The van der Waals surface area contributed by atoms with Gasteiger partial charge in [0.1, 0.15) is 0 Å². The first-order valence-electron chi connectivity index (χ1n) is 5.18. The van der Waals surface area contributed by atoms with Crippen molar-refractivity contribution in [1.29, 1.82) is 0 Å². The van der Waals surface area contributed by atoms with Crippen molar-refractivity contribution in [3.63, 3.8) is 0 Å². The van der Waals surface area contributed by atoms with Gasteiger partial charge in [-0.1, -0.05) is 28.1 Å². The van der Waals surface area contributed by atoms with E-state index in [1.54, 1.807) is 12.4 Å². The molecule has 0 bridgehead atoms. The number of benzene rings is 1. The Morgan fingerprint density at radius 1 is 1.19 bits per heavy atom. The summed E-state index contributed by atoms with van der Waals surface area (Å²) in [5, 5.41) is 3.42. The molecular weight excluding hydrogens is 264 g/mol. The monoisotopic (exact) mass is 276 g/mol. The second kappa shape index (κ2) is 5.12. The van der Waals surface area contributed by atoms with Crippen molar-refractivity contribution in [2.45, 2.75) is 13.0 Å². The summed E-state index contributed by atoms with van der Waals surface area (Å²) in [6.07, 6.45) is 3.58. The molecule has 2 aromatic rings. The van der Waals surface area contributed by atoms with E-state index in [4.69, 9.17) is 0 Å². The average molecular weight is 277 g/mol. The fourth-order valence-corrected chi connectivity index (χ4v) is 1.97. The highest BCUT2D eigenvalue weighted by Gasteiger charge is 2.04. The zero-order valence-corrected chi connectivity index (χ0v) is 10.6. The van der Waals surface area contributed by atoms with Gasteiger partial charge in [-0.2, -0.15) is 0 Å². The summed E-state index contributed by atoms with van der Waals surface area (Å²) in [5.41, 5.74) is 2.34. The third-order valence-electron chi connectivity index (χ3n) is 2.41. The van der Waals surface area contributed by atoms with E-state index in [-0.39, 0.29) is 6.04 Å². The van der Waals surface area contributed by atoms with Crippen LogP contribution in [0.5, 0.6) is 0 Å². The van der Waals surface area contributed by atoms with Gasteiger partial charge in [-0.25, -0.2) is 0 Å². The van der Waals surface area contributed by atoms with Crippen LogP contribution in [0.4, 0.5) is 5.69 Å². The summed E-state index contributed by atoms with van der Waals surface area (Å²) in [5.74, 6) is 0. The van der Waals surface area contributed by atoms with Gasteiger partial charge in [0, 0.05) is 28.6 Å². The average Bonchev–Trinajstić information content (AvgIpc) is 2.30. The predicted octanol–water partition coefficient (Wildman–Crippen LogP) is 4.02. The van der Waals surface area contributed by atoms with Crippen molar-refractivity contribution >= 4 is 21.6 Å². The molecule has 0 radical (unpaired) electrons. The van der Waals surface area contributed by atoms with E-state index in [1.165, 1.54) is 5.56 Å². The van der Waals surface area contributed by atoms with Crippen molar-refractivity contribution in [2.24, 2.45) is 0 Å². The maximum Gasteiger partial charge on any atom is 0.0486 e. The fourth-order valence-electron chi connectivity index (χ4n) is 1.56. The molecule has 2 rings (SSSR count). The Kier molecular flexibility index (Phi) is 3.57. The summed E-state index contributed by atoms with van der Waals surface area (Å²) in [6.45, 7) is 2.14. The summed E-state index contributed by atoms with van der Waals surface area (Å²) in [6, 6.07) is 12.5. The molecule has 0 fully saturated rings. The highest BCUT2D eigenvalue weighted by atomic mass is 79.9. The number of aromatic nitrogens is 1. The Balaban J connectivity index is 2.12. The summed E-state index contributed by atoms with van der Waals surface area (Å²) in [7, 11) is 0. The van der Waals surface area contributed by atoms with Gasteiger partial charge in [0.15, 0.2) is 0 Å². The molecule has 1 heterocycles. The molecule has 1 atom stereocenters. The minimum Gasteiger partial charge on any atom is -0.378 e. The van der Waals surface area contributed by atoms with Gasteiger partial charge in [-0.05, 0) is 36.8 Å². The van der Waals surface area contributed by atoms with Crippen LogP contribution < -0.4 is 5.32 Å². The van der Waals surface area contributed by atoms with E-state index in [9.17, 15) is 0 Å². The lowest BCUT2D eigenvalue weighted by molar-refractivity contribution is 0.883. The minimum atomic E-state index is 0.278. The number of nitrogens with one attached hydrogen (secondary N) is 1. The lowest BCUT2D eigenvalue weighted by Gasteiger charge is -2.15. The molecule has 0 saturated heterocycles. The van der Waals surface area contributed by atoms with Gasteiger partial charge in [-0.3, -0.25) is 4.98 Å². The van der Waals surface area contributed by atoms with Crippen LogP contribution in [0.3, 0.4) is 0 Å². The van der Waals surface area contributed by atoms with E-state index in [0.717, 1.165) is 10.2 Å². The normalized spacial score (nSPS) is 12.1. The first kappa shape index (κ1) is 11.1. The van der Waals surface area contributed by atoms with E-state index in [1.807, 2.05) is 24.3 Å². The second-order valence-electron chi connectivity index (χ2n) is 3.66. The third-order valence-corrected chi connectivity index (χ3v) is 2.91. The number of nitrogens with zero attached hydrogens (tertiary/aromatic N) is 1. The first-order valence-corrected chi connectivity index (χ1v) is 5.97. The summed E-state index contributed by atoms with van der Waals surface area (Å²) >= 11 is 3.48. The largest absolute Gasteiger partial charge is 0.378 e. The Hall–Kier alpha value is -1.35. The van der Waals surface area contributed by atoms with Crippen molar-refractivity contribution in [1.82, 2.24) is 4.98 Å². The third kappa shape index (κ3) is 2.83. The van der Waals surface area contributed by atoms with Gasteiger partial charge >= 0.3 is 0 Å². The highest BCUT2D eigenvalue weighted by molar-refractivity contribution is 9.10. The van der Waals surface area contributed by atoms with E-state index >= 15 is 0 Å². The quantitative estimate of drug-likeness (QED) is 0.916. The van der Waals surface area contributed by atoms with Crippen LogP contribution in [0.1, 0.15) is 18.5 Å². The Morgan fingerprint density at radius 3 is 2.62 bits per heavy atom. The number of hydrogen-bond acceptors (Lipinski definition) is 2. The molecule has 1 aromatic heterocycles. The van der Waals surface area contributed by atoms with Crippen LogP contribution in [0.2, 0.25) is 0 Å². The molecule has 3 heteroatoms. The molecule has 0 aliphatic rings. The SMILES string of the molecule is CC(Nc1ccncc1)c1cccc(Br)c1. The van der Waals surface area contributed by atoms with Crippen molar-refractivity contribution in [2.75, 3.05) is 5.32 Å². The molecule has 0 amide bonds. The molecule has 0 aliphatic heterocycles. The molecule has 0 aliphatic carbocycles. The number of anilines is 1. The minimum absolute atomic E-state index is 0.278. The van der Waals surface area contributed by atoms with Crippen LogP contribution >= 0.6 is 15.9 Å². The first-order chi connectivity index (χ1) is 7.75. The van der Waals surface area contributed by atoms with Crippen LogP contribution in [-0.4, -0.2) is 4.98 Å². The molecule has 1 N–H and O–H groups in total. The smallest absolute Gasteiger partial charge is 0.0486 e. The topological polar surface area (TPSA) is 24.9 Å². The standard InChI is InChI=1S/C13H13BrN2/c1-10(11-3-2-4-12(14)9-11)16-13-5-7-15-8-6-13/h2-10H,1H3,(H,15,16). The van der Waals surface area contributed by atoms with Gasteiger partial charge in [0.05, 0.1) is 0 Å². The highest BCUT2D eigenvalue weighted by Crippen LogP contribution is 2.21. The Labute approximate surface area is 104 Å². The summed E-state index contributed by atoms with van der Waals surface area (Å²) < 4.78 is 1.10. The van der Waals surface area contributed by atoms with Gasteiger partial charge in [-0.15, -0.1) is 0 Å². The van der Waals surface area contributed by atoms with Crippen molar-refractivity contribution < 1.29 is 0 Å². The van der Waals surface area contributed by atoms with E-state index in [0.29, 0.717) is 0 Å². The Morgan fingerprint density at radius 2 is 1.94 bits per heavy atom. The molecule has 0 spiro atoms. The molecule has 82 valence electrons. The van der Waals surface area contributed by atoms with Crippen LogP contribution in [0, 0.1) is 0 Å². The molecule has 16 heavy (non-hydrogen) atoms. The van der Waals surface area contributed by atoms with Crippen LogP contribution in [0.15, 0.2) is 53.3 Å². The fraction of sp³-hybridized carbons (Fsp3) is 0.154. The number of hydrogen-bond donors (Lipinski definition) is 1. The molecule has 1 unspecified atom stereocenters. The molecule has 1 aromatic carbocycles. The van der Waals surface area contributed by atoms with Crippen LogP contribution in [0.25, 0.3) is 0 Å². The second-order valence-corrected chi connectivity index (χ2v) is 4.57. The lowest BCUT2D eigenvalue weighted by Crippen LogP contribution is -2.06. The molecule has 2 nitrogen and oxygen atoms in total. The molecular formula is C13H13BrN2. The number of pyridine rings is 1.